The van der Waals surface area contributed by atoms with Crippen LogP contribution in [-0.4, -0.2) is 68.3 Å². The molecule has 0 atom stereocenters. The van der Waals surface area contributed by atoms with E-state index in [1.54, 1.807) is 23.9 Å². The Hall–Kier alpha value is -3.70. The predicted molar refractivity (Wildman–Crippen MR) is 156 cm³/mol. The Bertz CT molecular complexity index is 1330. The average molecular weight is 544 g/mol. The number of benzene rings is 3. The lowest BCUT2D eigenvalue weighted by molar-refractivity contribution is -0.139. The molecule has 0 spiro atoms. The number of carboxylic acids is 1. The van der Waals surface area contributed by atoms with Gasteiger partial charge in [0.15, 0.2) is 6.61 Å². The molecule has 1 aliphatic rings. The summed E-state index contributed by atoms with van der Waals surface area (Å²) in [6.45, 7) is 6.03. The zero-order valence-corrected chi connectivity index (χ0v) is 23.1. The maximum atomic E-state index is 10.8. The molecule has 0 amide bonds. The molecule has 0 bridgehead atoms. The highest BCUT2D eigenvalue weighted by Crippen LogP contribution is 2.27. The third-order valence-corrected chi connectivity index (χ3v) is 7.01. The van der Waals surface area contributed by atoms with E-state index in [-0.39, 0.29) is 6.61 Å². The fourth-order valence-electron chi connectivity index (χ4n) is 4.15. The first-order valence-electron chi connectivity index (χ1n) is 12.8. The Balaban J connectivity index is 1.48. The summed E-state index contributed by atoms with van der Waals surface area (Å²) >= 11 is 1.71. The Morgan fingerprint density at radius 3 is 2.36 bits per heavy atom. The maximum Gasteiger partial charge on any atom is 0.341 e. The van der Waals surface area contributed by atoms with Crippen molar-refractivity contribution in [3.05, 3.63) is 95.1 Å². The molecule has 6 nitrogen and oxygen atoms in total. The van der Waals surface area contributed by atoms with Gasteiger partial charge in [-0.3, -0.25) is 4.90 Å². The smallest absolute Gasteiger partial charge is 0.341 e. The normalized spacial score (nSPS) is 13.8. The van der Waals surface area contributed by atoms with Crippen LogP contribution < -0.4 is 9.47 Å². The molecule has 0 radical (unpaired) electrons. The van der Waals surface area contributed by atoms with Crippen LogP contribution in [0.5, 0.6) is 11.5 Å². The summed E-state index contributed by atoms with van der Waals surface area (Å²) in [5.41, 5.74) is 5.07. The number of nitrogens with zero attached hydrogens (tertiary/aromatic N) is 1. The largest absolute Gasteiger partial charge is 0.489 e. The van der Waals surface area contributed by atoms with Crippen LogP contribution in [0.1, 0.15) is 22.3 Å². The molecule has 0 unspecified atom stereocenters. The summed E-state index contributed by atoms with van der Waals surface area (Å²) < 4.78 is 16.7. The zero-order chi connectivity index (χ0) is 27.5. The first-order chi connectivity index (χ1) is 19.0. The third-order valence-electron chi connectivity index (χ3n) is 6.27. The summed E-state index contributed by atoms with van der Waals surface area (Å²) in [7, 11) is 0. The molecule has 1 saturated heterocycles. The van der Waals surface area contributed by atoms with Crippen molar-refractivity contribution >= 4 is 23.3 Å². The SMILES string of the molecule is CSc1ccc(C(=CCOc2ccc(OCC(=O)O)c(C)c2)c2ccc(C#CCN3CCOCC3)cc2)cc1. The van der Waals surface area contributed by atoms with Crippen molar-refractivity contribution in [3.63, 3.8) is 0 Å². The number of hydrogen-bond acceptors (Lipinski definition) is 6. The van der Waals surface area contributed by atoms with Gasteiger partial charge in [-0.15, -0.1) is 11.8 Å². The fraction of sp³-hybridized carbons (Fsp3) is 0.281. The summed E-state index contributed by atoms with van der Waals surface area (Å²) in [5.74, 6) is 6.78. The molecule has 202 valence electrons. The van der Waals surface area contributed by atoms with Crippen LogP contribution in [-0.2, 0) is 9.53 Å². The highest BCUT2D eigenvalue weighted by atomic mass is 32.2. The molecule has 1 heterocycles. The van der Waals surface area contributed by atoms with Crippen molar-refractivity contribution in [2.24, 2.45) is 0 Å². The van der Waals surface area contributed by atoms with Crippen molar-refractivity contribution in [1.82, 2.24) is 4.90 Å². The average Bonchev–Trinajstić information content (AvgIpc) is 2.96. The van der Waals surface area contributed by atoms with Crippen LogP contribution in [0.25, 0.3) is 5.57 Å². The number of aryl methyl sites for hydroxylation is 1. The molecule has 0 saturated carbocycles. The molecule has 3 aromatic carbocycles. The minimum atomic E-state index is -1.01. The van der Waals surface area contributed by atoms with Crippen molar-refractivity contribution in [1.29, 1.82) is 0 Å². The van der Waals surface area contributed by atoms with E-state index in [1.807, 2.05) is 13.0 Å². The first-order valence-corrected chi connectivity index (χ1v) is 14.1. The molecule has 4 rings (SSSR count). The van der Waals surface area contributed by atoms with Gasteiger partial charge in [0, 0.05) is 23.5 Å². The number of aliphatic carboxylic acids is 1. The summed E-state index contributed by atoms with van der Waals surface area (Å²) in [6, 6.07) is 22.2. The van der Waals surface area contributed by atoms with E-state index in [9.17, 15) is 4.79 Å². The molecular formula is C32H33NO5S. The number of thioether (sulfide) groups is 1. The standard InChI is InChI=1S/C32H33NO5S/c1-24-22-28(11-14-31(24)38-23-32(34)35)37-19-15-30(27-9-12-29(39-2)13-10-27)26-7-5-25(6-8-26)4-3-16-33-17-20-36-21-18-33/h5-15,22H,16-21,23H2,1-2H3,(H,34,35). The molecule has 0 aliphatic carbocycles. The van der Waals surface area contributed by atoms with Gasteiger partial charge in [-0.25, -0.2) is 4.79 Å². The molecule has 1 aliphatic heterocycles. The van der Waals surface area contributed by atoms with E-state index >= 15 is 0 Å². The number of carbonyl (C=O) groups is 1. The molecule has 1 fully saturated rings. The van der Waals surface area contributed by atoms with Gasteiger partial charge in [0.1, 0.15) is 18.1 Å². The zero-order valence-electron chi connectivity index (χ0n) is 22.3. The van der Waals surface area contributed by atoms with Gasteiger partial charge in [-0.05, 0) is 84.0 Å². The van der Waals surface area contributed by atoms with Crippen molar-refractivity contribution in [2.75, 3.05) is 52.3 Å². The van der Waals surface area contributed by atoms with E-state index in [1.165, 1.54) is 4.90 Å². The number of hydrogen-bond donors (Lipinski definition) is 1. The number of rotatable bonds is 10. The second kappa shape index (κ2) is 14.5. The summed E-state index contributed by atoms with van der Waals surface area (Å²) in [6.07, 6.45) is 4.15. The lowest BCUT2D eigenvalue weighted by atomic mass is 9.97. The molecular weight excluding hydrogens is 510 g/mol. The highest BCUT2D eigenvalue weighted by Gasteiger charge is 2.09. The molecule has 7 heteroatoms. The van der Waals surface area contributed by atoms with Crippen molar-refractivity contribution in [2.45, 2.75) is 11.8 Å². The summed E-state index contributed by atoms with van der Waals surface area (Å²) in [4.78, 5) is 14.3. The Morgan fingerprint density at radius 2 is 1.72 bits per heavy atom. The van der Waals surface area contributed by atoms with E-state index in [4.69, 9.17) is 19.3 Å². The Morgan fingerprint density at radius 1 is 1.03 bits per heavy atom. The van der Waals surface area contributed by atoms with Gasteiger partial charge < -0.3 is 19.3 Å². The molecule has 3 aromatic rings. The molecule has 0 aromatic heterocycles. The van der Waals surface area contributed by atoms with Crippen LogP contribution in [0.4, 0.5) is 0 Å². The van der Waals surface area contributed by atoms with Gasteiger partial charge in [-0.1, -0.05) is 36.1 Å². The molecule has 39 heavy (non-hydrogen) atoms. The van der Waals surface area contributed by atoms with Crippen LogP contribution >= 0.6 is 11.8 Å². The second-order valence-corrected chi connectivity index (χ2v) is 9.91. The quantitative estimate of drug-likeness (QED) is 0.272. The van der Waals surface area contributed by atoms with Crippen LogP contribution in [0.3, 0.4) is 0 Å². The first kappa shape index (κ1) is 28.3. The highest BCUT2D eigenvalue weighted by molar-refractivity contribution is 7.98. The van der Waals surface area contributed by atoms with Crippen LogP contribution in [0.2, 0.25) is 0 Å². The van der Waals surface area contributed by atoms with Crippen molar-refractivity contribution < 1.29 is 24.1 Å². The Labute approximate surface area is 234 Å². The van der Waals surface area contributed by atoms with Gasteiger partial charge in [-0.2, -0.15) is 0 Å². The number of morpholine rings is 1. The Kier molecular flexibility index (Phi) is 10.5. The lowest BCUT2D eigenvalue weighted by Gasteiger charge is -2.24. The third kappa shape index (κ3) is 8.66. The molecule has 1 N–H and O–H groups in total. The van der Waals surface area contributed by atoms with Gasteiger partial charge >= 0.3 is 5.97 Å². The monoisotopic (exact) mass is 543 g/mol. The predicted octanol–water partition coefficient (Wildman–Crippen LogP) is 5.37. The van der Waals surface area contributed by atoms with Crippen molar-refractivity contribution in [3.8, 4) is 23.3 Å². The number of carboxylic acid groups (broad SMARTS) is 1. The van der Waals surface area contributed by atoms with E-state index in [0.29, 0.717) is 18.1 Å². The van der Waals surface area contributed by atoms with Crippen LogP contribution in [0, 0.1) is 18.8 Å². The van der Waals surface area contributed by atoms with Crippen LogP contribution in [0.15, 0.2) is 77.7 Å². The minimum Gasteiger partial charge on any atom is -0.489 e. The van der Waals surface area contributed by atoms with Gasteiger partial charge in [0.25, 0.3) is 0 Å². The lowest BCUT2D eigenvalue weighted by Crippen LogP contribution is -2.36. The van der Waals surface area contributed by atoms with E-state index in [2.05, 4.69) is 77.6 Å². The minimum absolute atomic E-state index is 0.371. The van der Waals surface area contributed by atoms with Gasteiger partial charge in [0.2, 0.25) is 0 Å². The summed E-state index contributed by atoms with van der Waals surface area (Å²) in [5, 5.41) is 8.84. The van der Waals surface area contributed by atoms with E-state index in [0.717, 1.165) is 60.7 Å². The second-order valence-electron chi connectivity index (χ2n) is 9.03. The number of ether oxygens (including phenoxy) is 3. The van der Waals surface area contributed by atoms with E-state index < -0.39 is 5.97 Å². The maximum absolute atomic E-state index is 10.8. The fourth-order valence-corrected chi connectivity index (χ4v) is 4.56. The van der Waals surface area contributed by atoms with Gasteiger partial charge in [0.05, 0.1) is 19.8 Å². The topological polar surface area (TPSA) is 68.2 Å².